The summed E-state index contributed by atoms with van der Waals surface area (Å²) in [5.41, 5.74) is 1.86. The van der Waals surface area contributed by atoms with Crippen LogP contribution in [-0.2, 0) is 0 Å². The summed E-state index contributed by atoms with van der Waals surface area (Å²) < 4.78 is 11.9. The third-order valence-electron chi connectivity index (χ3n) is 4.67. The van der Waals surface area contributed by atoms with E-state index >= 15 is 0 Å². The van der Waals surface area contributed by atoms with E-state index in [-0.39, 0.29) is 11.5 Å². The lowest BCUT2D eigenvalue weighted by atomic mass is 10.1. The largest absolute Gasteiger partial charge is 0.491 e. The van der Waals surface area contributed by atoms with Crippen LogP contribution in [0.2, 0.25) is 5.02 Å². The standard InChI is InChI=1S/C21H19ClN2O4/c1-13-5-6-15(18(11-13)27-10-9-24-8-7-23-21(24)26)19-12-17(25)14-3-2-4-16(22)20(14)28-19/h2-6,11-12H,7-10H2,1H3,(H,23,26). The number of nitrogens with one attached hydrogen (secondary N) is 1. The molecule has 6 nitrogen and oxygen atoms in total. The Kier molecular flexibility index (Phi) is 4.96. The molecule has 0 spiro atoms. The molecule has 7 heteroatoms. The number of benzene rings is 2. The summed E-state index contributed by atoms with van der Waals surface area (Å²) in [6.45, 7) is 4.09. The highest BCUT2D eigenvalue weighted by Gasteiger charge is 2.19. The van der Waals surface area contributed by atoms with Crippen molar-refractivity contribution in [2.45, 2.75) is 6.92 Å². The minimum Gasteiger partial charge on any atom is -0.491 e. The summed E-state index contributed by atoms with van der Waals surface area (Å²) in [7, 11) is 0. The summed E-state index contributed by atoms with van der Waals surface area (Å²) in [6.07, 6.45) is 0. The van der Waals surface area contributed by atoms with Crippen molar-refractivity contribution in [3.63, 3.8) is 0 Å². The minimum atomic E-state index is -0.168. The molecular weight excluding hydrogens is 380 g/mol. The Morgan fingerprint density at radius 2 is 2.07 bits per heavy atom. The van der Waals surface area contributed by atoms with E-state index in [1.54, 1.807) is 23.1 Å². The average Bonchev–Trinajstić information content (AvgIpc) is 3.08. The number of rotatable bonds is 5. The van der Waals surface area contributed by atoms with Gasteiger partial charge in [0.05, 0.1) is 22.5 Å². The molecule has 0 unspecified atom stereocenters. The molecule has 1 aliphatic rings. The quantitative estimate of drug-likeness (QED) is 0.709. The number of hydrogen-bond acceptors (Lipinski definition) is 4. The van der Waals surface area contributed by atoms with Crippen molar-refractivity contribution in [3.05, 3.63) is 63.3 Å². The van der Waals surface area contributed by atoms with Gasteiger partial charge in [-0.2, -0.15) is 0 Å². The van der Waals surface area contributed by atoms with Crippen LogP contribution in [0, 0.1) is 6.92 Å². The molecule has 2 heterocycles. The number of aryl methyl sites for hydroxylation is 1. The fraction of sp³-hybridized carbons (Fsp3) is 0.238. The van der Waals surface area contributed by atoms with Crippen molar-refractivity contribution >= 4 is 28.6 Å². The van der Waals surface area contributed by atoms with E-state index < -0.39 is 0 Å². The first kappa shape index (κ1) is 18.4. The molecule has 1 aromatic heterocycles. The smallest absolute Gasteiger partial charge is 0.317 e. The van der Waals surface area contributed by atoms with Crippen molar-refractivity contribution in [1.82, 2.24) is 10.2 Å². The molecular formula is C21H19ClN2O4. The molecule has 1 aliphatic heterocycles. The zero-order valence-corrected chi connectivity index (χ0v) is 16.1. The number of carbonyl (C=O) groups is 1. The third kappa shape index (κ3) is 3.55. The molecule has 144 valence electrons. The van der Waals surface area contributed by atoms with Gasteiger partial charge in [0.2, 0.25) is 0 Å². The molecule has 2 aromatic carbocycles. The predicted molar refractivity (Wildman–Crippen MR) is 108 cm³/mol. The van der Waals surface area contributed by atoms with Gasteiger partial charge in [0, 0.05) is 19.2 Å². The monoisotopic (exact) mass is 398 g/mol. The lowest BCUT2D eigenvalue weighted by Crippen LogP contribution is -2.31. The second kappa shape index (κ2) is 7.56. The first-order valence-corrected chi connectivity index (χ1v) is 9.40. The summed E-state index contributed by atoms with van der Waals surface area (Å²) in [5, 5.41) is 3.58. The number of halogens is 1. The highest BCUT2D eigenvalue weighted by Crippen LogP contribution is 2.33. The Balaban J connectivity index is 1.66. The van der Waals surface area contributed by atoms with Crippen LogP contribution in [0.5, 0.6) is 5.75 Å². The van der Waals surface area contributed by atoms with Gasteiger partial charge in [0.15, 0.2) is 11.0 Å². The molecule has 0 aliphatic carbocycles. The molecule has 3 aromatic rings. The molecule has 2 amide bonds. The van der Waals surface area contributed by atoms with Gasteiger partial charge in [-0.3, -0.25) is 4.79 Å². The van der Waals surface area contributed by atoms with E-state index in [0.29, 0.717) is 59.3 Å². The van der Waals surface area contributed by atoms with Crippen LogP contribution in [0.15, 0.2) is 51.7 Å². The van der Waals surface area contributed by atoms with Gasteiger partial charge < -0.3 is 19.4 Å². The Morgan fingerprint density at radius 3 is 2.86 bits per heavy atom. The lowest BCUT2D eigenvalue weighted by Gasteiger charge is -2.16. The Labute approximate surface area is 166 Å². The van der Waals surface area contributed by atoms with Crippen molar-refractivity contribution < 1.29 is 13.9 Å². The van der Waals surface area contributed by atoms with Gasteiger partial charge in [0.25, 0.3) is 0 Å². The molecule has 0 radical (unpaired) electrons. The van der Waals surface area contributed by atoms with Crippen LogP contribution >= 0.6 is 11.6 Å². The Morgan fingerprint density at radius 1 is 1.21 bits per heavy atom. The average molecular weight is 399 g/mol. The number of carbonyl (C=O) groups excluding carboxylic acids is 1. The minimum absolute atomic E-state index is 0.0803. The van der Waals surface area contributed by atoms with Crippen LogP contribution in [-0.4, -0.2) is 37.2 Å². The number of urea groups is 1. The van der Waals surface area contributed by atoms with Crippen LogP contribution < -0.4 is 15.5 Å². The fourth-order valence-corrected chi connectivity index (χ4v) is 3.43. The lowest BCUT2D eigenvalue weighted by molar-refractivity contribution is 0.202. The molecule has 0 bridgehead atoms. The summed E-state index contributed by atoms with van der Waals surface area (Å²) in [6, 6.07) is 12.1. The van der Waals surface area contributed by atoms with Crippen LogP contribution in [0.1, 0.15) is 5.56 Å². The zero-order valence-electron chi connectivity index (χ0n) is 15.3. The Bertz CT molecular complexity index is 1110. The number of fused-ring (bicyclic) bond motifs is 1. The number of ether oxygens (including phenoxy) is 1. The maximum absolute atomic E-state index is 12.5. The van der Waals surface area contributed by atoms with Gasteiger partial charge >= 0.3 is 6.03 Å². The van der Waals surface area contributed by atoms with Gasteiger partial charge in [-0.15, -0.1) is 0 Å². The molecule has 1 saturated heterocycles. The fourth-order valence-electron chi connectivity index (χ4n) is 3.22. The molecule has 28 heavy (non-hydrogen) atoms. The highest BCUT2D eigenvalue weighted by molar-refractivity contribution is 6.34. The summed E-state index contributed by atoms with van der Waals surface area (Å²) in [5.74, 6) is 0.980. The SMILES string of the molecule is Cc1ccc(-c2cc(=O)c3cccc(Cl)c3o2)c(OCCN2CCNC2=O)c1. The molecule has 1 N–H and O–H groups in total. The Hall–Kier alpha value is -2.99. The van der Waals surface area contributed by atoms with Crippen LogP contribution in [0.3, 0.4) is 0 Å². The topological polar surface area (TPSA) is 71.8 Å². The molecule has 4 rings (SSSR count). The van der Waals surface area contributed by atoms with E-state index in [4.69, 9.17) is 20.8 Å². The van der Waals surface area contributed by atoms with Crippen LogP contribution in [0.4, 0.5) is 4.79 Å². The second-order valence-electron chi connectivity index (χ2n) is 6.66. The number of para-hydroxylation sites is 1. The highest BCUT2D eigenvalue weighted by atomic mass is 35.5. The zero-order chi connectivity index (χ0) is 19.7. The summed E-state index contributed by atoms with van der Waals surface area (Å²) >= 11 is 6.22. The molecule has 1 fully saturated rings. The third-order valence-corrected chi connectivity index (χ3v) is 4.97. The molecule has 0 saturated carbocycles. The van der Waals surface area contributed by atoms with Crippen molar-refractivity contribution in [3.8, 4) is 17.1 Å². The maximum Gasteiger partial charge on any atom is 0.317 e. The van der Waals surface area contributed by atoms with Crippen molar-refractivity contribution in [1.29, 1.82) is 0 Å². The number of amides is 2. The van der Waals surface area contributed by atoms with E-state index in [1.807, 2.05) is 25.1 Å². The van der Waals surface area contributed by atoms with Crippen molar-refractivity contribution in [2.75, 3.05) is 26.2 Å². The number of hydrogen-bond donors (Lipinski definition) is 1. The van der Waals surface area contributed by atoms with Gasteiger partial charge in [0.1, 0.15) is 18.1 Å². The van der Waals surface area contributed by atoms with Crippen molar-refractivity contribution in [2.24, 2.45) is 0 Å². The maximum atomic E-state index is 12.5. The second-order valence-corrected chi connectivity index (χ2v) is 7.07. The molecule has 0 atom stereocenters. The van der Waals surface area contributed by atoms with E-state index in [1.165, 1.54) is 6.07 Å². The predicted octanol–water partition coefficient (Wildman–Crippen LogP) is 3.83. The normalized spacial score (nSPS) is 13.8. The van der Waals surface area contributed by atoms with Gasteiger partial charge in [-0.25, -0.2) is 4.79 Å². The summed E-state index contributed by atoms with van der Waals surface area (Å²) in [4.78, 5) is 25.9. The van der Waals surface area contributed by atoms with E-state index in [2.05, 4.69) is 5.32 Å². The van der Waals surface area contributed by atoms with Gasteiger partial charge in [-0.05, 0) is 36.8 Å². The van der Waals surface area contributed by atoms with E-state index in [0.717, 1.165) is 5.56 Å². The van der Waals surface area contributed by atoms with Gasteiger partial charge in [-0.1, -0.05) is 23.7 Å². The first-order chi connectivity index (χ1) is 13.5. The first-order valence-electron chi connectivity index (χ1n) is 9.02. The van der Waals surface area contributed by atoms with Crippen LogP contribution in [0.25, 0.3) is 22.3 Å². The van der Waals surface area contributed by atoms with E-state index in [9.17, 15) is 9.59 Å². The number of nitrogens with zero attached hydrogens (tertiary/aromatic N) is 1.